The lowest BCUT2D eigenvalue weighted by Gasteiger charge is -2.03. The summed E-state index contributed by atoms with van der Waals surface area (Å²) in [5, 5.41) is 0.708. The summed E-state index contributed by atoms with van der Waals surface area (Å²) in [6.07, 6.45) is 0. The molecule has 0 spiro atoms. The number of thiazole rings is 1. The number of aromatic amines is 1. The second-order valence-corrected chi connectivity index (χ2v) is 5.80. The number of H-pyrrole nitrogens is 1. The van der Waals surface area contributed by atoms with E-state index in [1.54, 1.807) is 11.3 Å². The first-order valence-electron chi connectivity index (χ1n) is 5.42. The number of nitrogens with zero attached hydrogens (tertiary/aromatic N) is 2. The maximum Gasteiger partial charge on any atom is 0.178 e. The fourth-order valence-electron chi connectivity index (χ4n) is 1.91. The molecule has 0 aliphatic heterocycles. The summed E-state index contributed by atoms with van der Waals surface area (Å²) in [6.45, 7) is 2.76. The van der Waals surface area contributed by atoms with Crippen molar-refractivity contribution in [2.75, 3.05) is 0 Å². The SMILES string of the molecule is Cc1ncsc1Cn1c(=S)[nH]c2cc(Cl)ccc21. The van der Waals surface area contributed by atoms with E-state index in [9.17, 15) is 0 Å². The molecule has 3 rings (SSSR count). The number of aromatic nitrogens is 3. The molecule has 1 aromatic carbocycles. The van der Waals surface area contributed by atoms with Gasteiger partial charge in [-0.1, -0.05) is 11.6 Å². The molecule has 92 valence electrons. The van der Waals surface area contributed by atoms with Crippen LogP contribution in [0.5, 0.6) is 0 Å². The third-order valence-electron chi connectivity index (χ3n) is 2.88. The van der Waals surface area contributed by atoms with E-state index in [0.29, 0.717) is 9.79 Å². The lowest BCUT2D eigenvalue weighted by Crippen LogP contribution is -1.99. The number of halogens is 1. The second kappa shape index (κ2) is 4.50. The molecule has 1 N–H and O–H groups in total. The van der Waals surface area contributed by atoms with Gasteiger partial charge < -0.3 is 9.55 Å². The molecular weight excluding hydrogens is 286 g/mol. The van der Waals surface area contributed by atoms with Gasteiger partial charge in [-0.25, -0.2) is 4.98 Å². The van der Waals surface area contributed by atoms with Crippen LogP contribution in [0.25, 0.3) is 11.0 Å². The molecule has 3 aromatic rings. The smallest absolute Gasteiger partial charge is 0.178 e. The molecule has 0 aliphatic carbocycles. The summed E-state index contributed by atoms with van der Waals surface area (Å²) in [4.78, 5) is 8.66. The number of hydrogen-bond acceptors (Lipinski definition) is 3. The number of nitrogens with one attached hydrogen (secondary N) is 1. The van der Waals surface area contributed by atoms with E-state index in [2.05, 4.69) is 14.5 Å². The Balaban J connectivity index is 2.15. The average Bonchev–Trinajstić information content (AvgIpc) is 2.85. The van der Waals surface area contributed by atoms with Gasteiger partial charge in [-0.2, -0.15) is 0 Å². The second-order valence-electron chi connectivity index (χ2n) is 4.04. The van der Waals surface area contributed by atoms with Crippen molar-refractivity contribution in [3.8, 4) is 0 Å². The molecule has 0 unspecified atom stereocenters. The van der Waals surface area contributed by atoms with E-state index in [0.717, 1.165) is 23.3 Å². The van der Waals surface area contributed by atoms with Crippen molar-refractivity contribution in [1.29, 1.82) is 0 Å². The third-order valence-corrected chi connectivity index (χ3v) is 4.36. The molecule has 3 nitrogen and oxygen atoms in total. The monoisotopic (exact) mass is 295 g/mol. The zero-order valence-corrected chi connectivity index (χ0v) is 12.0. The van der Waals surface area contributed by atoms with Crippen molar-refractivity contribution in [2.24, 2.45) is 0 Å². The molecule has 18 heavy (non-hydrogen) atoms. The van der Waals surface area contributed by atoms with E-state index < -0.39 is 0 Å². The normalized spacial score (nSPS) is 11.2. The van der Waals surface area contributed by atoms with Crippen molar-refractivity contribution in [1.82, 2.24) is 14.5 Å². The van der Waals surface area contributed by atoms with Crippen molar-refractivity contribution < 1.29 is 0 Å². The molecule has 0 radical (unpaired) electrons. The van der Waals surface area contributed by atoms with Crippen LogP contribution in [0.2, 0.25) is 5.02 Å². The van der Waals surface area contributed by atoms with Crippen LogP contribution in [-0.4, -0.2) is 14.5 Å². The summed E-state index contributed by atoms with van der Waals surface area (Å²) >= 11 is 13.0. The molecule has 0 saturated heterocycles. The van der Waals surface area contributed by atoms with Crippen LogP contribution in [0.15, 0.2) is 23.7 Å². The van der Waals surface area contributed by atoms with Gasteiger partial charge >= 0.3 is 0 Å². The number of aryl methyl sites for hydroxylation is 1. The molecule has 0 amide bonds. The molecule has 2 aromatic heterocycles. The Hall–Kier alpha value is -1.17. The highest BCUT2D eigenvalue weighted by atomic mass is 35.5. The van der Waals surface area contributed by atoms with Gasteiger partial charge in [0.1, 0.15) is 0 Å². The van der Waals surface area contributed by atoms with E-state index in [1.165, 1.54) is 4.88 Å². The van der Waals surface area contributed by atoms with Crippen LogP contribution in [0.4, 0.5) is 0 Å². The van der Waals surface area contributed by atoms with Crippen LogP contribution in [0.3, 0.4) is 0 Å². The number of imidazole rings is 1. The Bertz CT molecular complexity index is 769. The van der Waals surface area contributed by atoms with E-state index in [1.807, 2.05) is 30.6 Å². The first-order valence-corrected chi connectivity index (χ1v) is 7.09. The maximum atomic E-state index is 5.98. The molecule has 0 aliphatic rings. The minimum atomic E-state index is 0.708. The van der Waals surface area contributed by atoms with Crippen LogP contribution >= 0.6 is 35.2 Å². The Morgan fingerprint density at radius 1 is 1.50 bits per heavy atom. The first-order chi connectivity index (χ1) is 8.65. The zero-order valence-electron chi connectivity index (χ0n) is 9.61. The maximum absolute atomic E-state index is 5.98. The van der Waals surface area contributed by atoms with Gasteiger partial charge in [-0.3, -0.25) is 0 Å². The van der Waals surface area contributed by atoms with Crippen LogP contribution < -0.4 is 0 Å². The number of hydrogen-bond donors (Lipinski definition) is 1. The minimum Gasteiger partial charge on any atom is -0.331 e. The third kappa shape index (κ3) is 1.98. The highest BCUT2D eigenvalue weighted by Crippen LogP contribution is 2.22. The Labute approximate surface area is 118 Å². The topological polar surface area (TPSA) is 33.6 Å². The largest absolute Gasteiger partial charge is 0.331 e. The van der Waals surface area contributed by atoms with Crippen molar-refractivity contribution in [2.45, 2.75) is 13.5 Å². The van der Waals surface area contributed by atoms with Gasteiger partial charge in [0.15, 0.2) is 4.77 Å². The predicted molar refractivity (Wildman–Crippen MR) is 78.1 cm³/mol. The Morgan fingerprint density at radius 2 is 2.33 bits per heavy atom. The highest BCUT2D eigenvalue weighted by molar-refractivity contribution is 7.71. The lowest BCUT2D eigenvalue weighted by atomic mass is 10.3. The fourth-order valence-corrected chi connectivity index (χ4v) is 3.12. The summed E-state index contributed by atoms with van der Waals surface area (Å²) in [6, 6.07) is 5.76. The van der Waals surface area contributed by atoms with Gasteiger partial charge in [0, 0.05) is 9.90 Å². The molecular formula is C12H10ClN3S2. The standard InChI is InChI=1S/C12H10ClN3S2/c1-7-11(18-6-14-7)5-16-10-3-2-8(13)4-9(10)15-12(16)17/h2-4,6H,5H2,1H3,(H,15,17). The van der Waals surface area contributed by atoms with Crippen molar-refractivity contribution >= 4 is 46.2 Å². The number of rotatable bonds is 2. The predicted octanol–water partition coefficient (Wildman–Crippen LogP) is 4.17. The van der Waals surface area contributed by atoms with E-state index in [4.69, 9.17) is 23.8 Å². The van der Waals surface area contributed by atoms with Crippen molar-refractivity contribution in [3.63, 3.8) is 0 Å². The lowest BCUT2D eigenvalue weighted by molar-refractivity contribution is 0.815. The van der Waals surface area contributed by atoms with Crippen LogP contribution in [0, 0.1) is 11.7 Å². The quantitative estimate of drug-likeness (QED) is 0.720. The van der Waals surface area contributed by atoms with Gasteiger partial charge in [-0.15, -0.1) is 11.3 Å². The molecule has 0 saturated carbocycles. The van der Waals surface area contributed by atoms with Gasteiger partial charge in [0.25, 0.3) is 0 Å². The van der Waals surface area contributed by atoms with Crippen molar-refractivity contribution in [3.05, 3.63) is 44.1 Å². The molecule has 0 fully saturated rings. The summed E-state index contributed by atoms with van der Waals surface area (Å²) in [7, 11) is 0. The molecule has 0 bridgehead atoms. The number of fused-ring (bicyclic) bond motifs is 1. The first kappa shape index (κ1) is 11.9. The summed E-state index contributed by atoms with van der Waals surface area (Å²) < 4.78 is 2.78. The Kier molecular flexibility index (Phi) is 2.97. The molecule has 6 heteroatoms. The fraction of sp³-hybridized carbons (Fsp3) is 0.167. The van der Waals surface area contributed by atoms with E-state index in [-0.39, 0.29) is 0 Å². The zero-order chi connectivity index (χ0) is 12.7. The average molecular weight is 296 g/mol. The summed E-state index contributed by atoms with van der Waals surface area (Å²) in [5.74, 6) is 0. The van der Waals surface area contributed by atoms with Gasteiger partial charge in [-0.05, 0) is 37.3 Å². The van der Waals surface area contributed by atoms with Gasteiger partial charge in [0.05, 0.1) is 28.8 Å². The minimum absolute atomic E-state index is 0.708. The van der Waals surface area contributed by atoms with Crippen LogP contribution in [-0.2, 0) is 6.54 Å². The molecule has 0 atom stereocenters. The Morgan fingerprint density at radius 3 is 3.06 bits per heavy atom. The van der Waals surface area contributed by atoms with E-state index >= 15 is 0 Å². The highest BCUT2D eigenvalue weighted by Gasteiger charge is 2.08. The van der Waals surface area contributed by atoms with Gasteiger partial charge in [0.2, 0.25) is 0 Å². The van der Waals surface area contributed by atoms with Crippen LogP contribution in [0.1, 0.15) is 10.6 Å². The summed E-state index contributed by atoms with van der Waals surface area (Å²) in [5.41, 5.74) is 4.96. The number of benzene rings is 1. The molecule has 2 heterocycles.